The number of likely N-dealkylation sites (tertiary alicyclic amines) is 1. The van der Waals surface area contributed by atoms with Gasteiger partial charge in [0.05, 0.1) is 0 Å². The van der Waals surface area contributed by atoms with Crippen molar-refractivity contribution in [1.82, 2.24) is 4.90 Å². The normalized spacial score (nSPS) is 18.5. The van der Waals surface area contributed by atoms with Gasteiger partial charge in [-0.25, -0.2) is 0 Å². The van der Waals surface area contributed by atoms with Gasteiger partial charge >= 0.3 is 0 Å². The fourth-order valence-electron chi connectivity index (χ4n) is 2.11. The van der Waals surface area contributed by atoms with Gasteiger partial charge in [0.25, 0.3) is 0 Å². The van der Waals surface area contributed by atoms with Crippen LogP contribution in [0.4, 0.5) is 0 Å². The molecule has 0 unspecified atom stereocenters. The summed E-state index contributed by atoms with van der Waals surface area (Å²) in [5.41, 5.74) is 1.49. The molecule has 0 bridgehead atoms. The van der Waals surface area contributed by atoms with Crippen LogP contribution in [-0.2, 0) is 6.42 Å². The zero-order chi connectivity index (χ0) is 9.97. The lowest BCUT2D eigenvalue weighted by molar-refractivity contribution is 0.0681. The molecule has 1 aliphatic rings. The SMILES string of the molecule is CC(C)N1CC(Cc2ccccc2)C1. The van der Waals surface area contributed by atoms with Crippen molar-refractivity contribution in [2.24, 2.45) is 5.92 Å². The second kappa shape index (κ2) is 4.14. The van der Waals surface area contributed by atoms with Crippen molar-refractivity contribution in [2.75, 3.05) is 13.1 Å². The Morgan fingerprint density at radius 3 is 2.43 bits per heavy atom. The molecule has 0 radical (unpaired) electrons. The molecule has 0 N–H and O–H groups in total. The zero-order valence-corrected chi connectivity index (χ0v) is 9.11. The topological polar surface area (TPSA) is 3.24 Å². The quantitative estimate of drug-likeness (QED) is 0.706. The Labute approximate surface area is 86.7 Å². The standard InChI is InChI=1S/C13H19N/c1-11(2)14-9-13(10-14)8-12-6-4-3-5-7-12/h3-7,11,13H,8-10H2,1-2H3. The maximum Gasteiger partial charge on any atom is 0.00388 e. The minimum Gasteiger partial charge on any atom is -0.300 e. The smallest absolute Gasteiger partial charge is 0.00388 e. The molecule has 1 heteroatoms. The number of benzene rings is 1. The number of hydrogen-bond donors (Lipinski definition) is 0. The highest BCUT2D eigenvalue weighted by Crippen LogP contribution is 2.22. The van der Waals surface area contributed by atoms with Gasteiger partial charge < -0.3 is 4.90 Å². The lowest BCUT2D eigenvalue weighted by Gasteiger charge is -2.42. The van der Waals surface area contributed by atoms with Gasteiger partial charge in [-0.3, -0.25) is 0 Å². The molecule has 76 valence electrons. The Kier molecular flexibility index (Phi) is 2.87. The van der Waals surface area contributed by atoms with E-state index in [1.807, 2.05) is 0 Å². The van der Waals surface area contributed by atoms with Crippen LogP contribution >= 0.6 is 0 Å². The molecule has 0 amide bonds. The van der Waals surface area contributed by atoms with Crippen molar-refractivity contribution in [3.8, 4) is 0 Å². The van der Waals surface area contributed by atoms with Gasteiger partial charge in [0.1, 0.15) is 0 Å². The number of nitrogens with zero attached hydrogens (tertiary/aromatic N) is 1. The van der Waals surface area contributed by atoms with Gasteiger partial charge in [-0.05, 0) is 31.7 Å². The third kappa shape index (κ3) is 2.16. The monoisotopic (exact) mass is 189 g/mol. The van der Waals surface area contributed by atoms with Crippen molar-refractivity contribution in [2.45, 2.75) is 26.3 Å². The van der Waals surface area contributed by atoms with Gasteiger partial charge in [0.2, 0.25) is 0 Å². The molecule has 1 heterocycles. The minimum atomic E-state index is 0.724. The van der Waals surface area contributed by atoms with Crippen LogP contribution in [0.2, 0.25) is 0 Å². The molecular weight excluding hydrogens is 170 g/mol. The molecular formula is C13H19N. The summed E-state index contributed by atoms with van der Waals surface area (Å²) in [5, 5.41) is 0. The first-order valence-electron chi connectivity index (χ1n) is 5.53. The second-order valence-electron chi connectivity index (χ2n) is 4.60. The Bertz CT molecular complexity index is 273. The first-order valence-corrected chi connectivity index (χ1v) is 5.53. The van der Waals surface area contributed by atoms with E-state index in [0.717, 1.165) is 12.0 Å². The van der Waals surface area contributed by atoms with Gasteiger partial charge in [0.15, 0.2) is 0 Å². The second-order valence-corrected chi connectivity index (χ2v) is 4.60. The summed E-state index contributed by atoms with van der Waals surface area (Å²) in [6.45, 7) is 7.12. The first kappa shape index (κ1) is 9.72. The molecule has 2 rings (SSSR count). The Hall–Kier alpha value is -0.820. The molecule has 0 saturated carbocycles. The summed E-state index contributed by atoms with van der Waals surface area (Å²) in [4.78, 5) is 2.54. The Balaban J connectivity index is 1.80. The molecule has 1 aliphatic heterocycles. The van der Waals surface area contributed by atoms with Crippen molar-refractivity contribution in [3.05, 3.63) is 35.9 Å². The van der Waals surface area contributed by atoms with Crippen molar-refractivity contribution >= 4 is 0 Å². The molecule has 0 atom stereocenters. The van der Waals surface area contributed by atoms with Crippen LogP contribution in [0, 0.1) is 5.92 Å². The molecule has 14 heavy (non-hydrogen) atoms. The summed E-state index contributed by atoms with van der Waals surface area (Å²) in [5.74, 6) is 0.889. The molecule has 0 spiro atoms. The lowest BCUT2D eigenvalue weighted by atomic mass is 9.91. The number of rotatable bonds is 3. The van der Waals surface area contributed by atoms with E-state index >= 15 is 0 Å². The fourth-order valence-corrected chi connectivity index (χ4v) is 2.11. The molecule has 1 saturated heterocycles. The van der Waals surface area contributed by atoms with Crippen molar-refractivity contribution < 1.29 is 0 Å². The summed E-state index contributed by atoms with van der Waals surface area (Å²) in [6.07, 6.45) is 1.25. The largest absolute Gasteiger partial charge is 0.300 e. The minimum absolute atomic E-state index is 0.724. The highest BCUT2D eigenvalue weighted by atomic mass is 15.2. The average Bonchev–Trinajstić information content (AvgIpc) is 2.12. The molecule has 0 aromatic heterocycles. The van der Waals surface area contributed by atoms with Crippen LogP contribution < -0.4 is 0 Å². The predicted molar refractivity (Wildman–Crippen MR) is 60.3 cm³/mol. The first-order chi connectivity index (χ1) is 6.75. The van der Waals surface area contributed by atoms with Crippen LogP contribution in [0.1, 0.15) is 19.4 Å². The van der Waals surface area contributed by atoms with Crippen molar-refractivity contribution in [3.63, 3.8) is 0 Å². The fraction of sp³-hybridized carbons (Fsp3) is 0.538. The van der Waals surface area contributed by atoms with Crippen LogP contribution in [0.3, 0.4) is 0 Å². The zero-order valence-electron chi connectivity index (χ0n) is 9.11. The average molecular weight is 189 g/mol. The van der Waals surface area contributed by atoms with Crippen LogP contribution in [-0.4, -0.2) is 24.0 Å². The van der Waals surface area contributed by atoms with Gasteiger partial charge in [0, 0.05) is 19.1 Å². The van der Waals surface area contributed by atoms with Gasteiger partial charge in [-0.15, -0.1) is 0 Å². The Morgan fingerprint density at radius 1 is 1.21 bits per heavy atom. The highest BCUT2D eigenvalue weighted by molar-refractivity contribution is 5.16. The third-order valence-electron chi connectivity index (χ3n) is 3.08. The molecule has 0 aliphatic carbocycles. The van der Waals surface area contributed by atoms with E-state index in [0.29, 0.717) is 0 Å². The van der Waals surface area contributed by atoms with Crippen molar-refractivity contribution in [1.29, 1.82) is 0 Å². The lowest BCUT2D eigenvalue weighted by Crippen LogP contribution is -2.50. The van der Waals surface area contributed by atoms with Gasteiger partial charge in [-0.2, -0.15) is 0 Å². The predicted octanol–water partition coefficient (Wildman–Crippen LogP) is 2.57. The summed E-state index contributed by atoms with van der Waals surface area (Å²) >= 11 is 0. The van der Waals surface area contributed by atoms with E-state index in [1.54, 1.807) is 0 Å². The van der Waals surface area contributed by atoms with E-state index in [2.05, 4.69) is 49.1 Å². The van der Waals surface area contributed by atoms with E-state index in [-0.39, 0.29) is 0 Å². The highest BCUT2D eigenvalue weighted by Gasteiger charge is 2.27. The third-order valence-corrected chi connectivity index (χ3v) is 3.08. The van der Waals surface area contributed by atoms with E-state index in [4.69, 9.17) is 0 Å². The van der Waals surface area contributed by atoms with Gasteiger partial charge in [-0.1, -0.05) is 30.3 Å². The maximum atomic E-state index is 2.54. The number of hydrogen-bond acceptors (Lipinski definition) is 1. The van der Waals surface area contributed by atoms with Crippen LogP contribution in [0.5, 0.6) is 0 Å². The molecule has 1 nitrogen and oxygen atoms in total. The summed E-state index contributed by atoms with van der Waals surface area (Å²) < 4.78 is 0. The summed E-state index contributed by atoms with van der Waals surface area (Å²) in [6, 6.07) is 11.5. The van der Waals surface area contributed by atoms with Crippen LogP contribution in [0.15, 0.2) is 30.3 Å². The van der Waals surface area contributed by atoms with E-state index in [9.17, 15) is 0 Å². The van der Waals surface area contributed by atoms with Crippen LogP contribution in [0.25, 0.3) is 0 Å². The Morgan fingerprint density at radius 2 is 1.86 bits per heavy atom. The van der Waals surface area contributed by atoms with E-state index in [1.165, 1.54) is 25.1 Å². The van der Waals surface area contributed by atoms with E-state index < -0.39 is 0 Å². The molecule has 1 fully saturated rings. The maximum absolute atomic E-state index is 2.54. The molecule has 1 aromatic carbocycles. The molecule has 1 aromatic rings. The summed E-state index contributed by atoms with van der Waals surface area (Å²) in [7, 11) is 0.